The lowest BCUT2D eigenvalue weighted by Gasteiger charge is -2.14. The Bertz CT molecular complexity index is 918. The molecule has 0 bridgehead atoms. The molecule has 0 fully saturated rings. The summed E-state index contributed by atoms with van der Waals surface area (Å²) < 4.78 is 11.4. The standard InChI is InChI=1S/C21H23N3O3/c1-14(2)26-18-11-7-6-10-17(18)22-19(25)12-13-20-23-24-21(27-20)16-9-5-4-8-15(16)3/h4-11,14H,12-13H2,1-3H3,(H,22,25). The molecule has 3 aromatic rings. The van der Waals surface area contributed by atoms with Gasteiger partial charge < -0.3 is 14.5 Å². The van der Waals surface area contributed by atoms with Crippen molar-refractivity contribution in [2.75, 3.05) is 5.32 Å². The molecular weight excluding hydrogens is 342 g/mol. The summed E-state index contributed by atoms with van der Waals surface area (Å²) >= 11 is 0. The Labute approximate surface area is 158 Å². The van der Waals surface area contributed by atoms with E-state index in [0.717, 1.165) is 11.1 Å². The highest BCUT2D eigenvalue weighted by atomic mass is 16.5. The fourth-order valence-electron chi connectivity index (χ4n) is 2.64. The smallest absolute Gasteiger partial charge is 0.247 e. The molecule has 6 heteroatoms. The molecule has 0 saturated heterocycles. The first-order valence-corrected chi connectivity index (χ1v) is 8.97. The molecule has 1 amide bonds. The van der Waals surface area contributed by atoms with E-state index in [-0.39, 0.29) is 18.4 Å². The molecule has 0 spiro atoms. The highest BCUT2D eigenvalue weighted by Gasteiger charge is 2.13. The normalized spacial score (nSPS) is 10.8. The molecule has 3 rings (SSSR count). The zero-order valence-electron chi connectivity index (χ0n) is 15.7. The topological polar surface area (TPSA) is 77.2 Å². The Balaban J connectivity index is 1.60. The lowest BCUT2D eigenvalue weighted by Crippen LogP contribution is -2.14. The monoisotopic (exact) mass is 365 g/mol. The minimum absolute atomic E-state index is 0.0290. The molecule has 0 aliphatic heterocycles. The van der Waals surface area contributed by atoms with Crippen LogP contribution in [0.5, 0.6) is 5.75 Å². The number of nitrogens with one attached hydrogen (secondary N) is 1. The van der Waals surface area contributed by atoms with Crippen LogP contribution in [0.4, 0.5) is 5.69 Å². The lowest BCUT2D eigenvalue weighted by atomic mass is 10.1. The van der Waals surface area contributed by atoms with E-state index in [4.69, 9.17) is 9.15 Å². The van der Waals surface area contributed by atoms with Crippen molar-refractivity contribution in [3.8, 4) is 17.2 Å². The van der Waals surface area contributed by atoms with E-state index < -0.39 is 0 Å². The van der Waals surface area contributed by atoms with Crippen molar-refractivity contribution in [3.05, 3.63) is 60.0 Å². The van der Waals surface area contributed by atoms with Gasteiger partial charge in [-0.1, -0.05) is 30.3 Å². The highest BCUT2D eigenvalue weighted by molar-refractivity contribution is 5.92. The van der Waals surface area contributed by atoms with E-state index in [1.807, 2.05) is 69.3 Å². The minimum atomic E-state index is -0.134. The molecule has 0 atom stereocenters. The molecule has 1 aromatic heterocycles. The lowest BCUT2D eigenvalue weighted by molar-refractivity contribution is -0.116. The number of para-hydroxylation sites is 2. The Hall–Kier alpha value is -3.15. The molecule has 1 heterocycles. The van der Waals surface area contributed by atoms with E-state index in [9.17, 15) is 4.79 Å². The van der Waals surface area contributed by atoms with Crippen LogP contribution in [0.2, 0.25) is 0 Å². The number of nitrogens with zero attached hydrogens (tertiary/aromatic N) is 2. The maximum absolute atomic E-state index is 12.3. The number of hydrogen-bond acceptors (Lipinski definition) is 5. The molecule has 140 valence electrons. The van der Waals surface area contributed by atoms with Crippen LogP contribution in [0, 0.1) is 6.92 Å². The van der Waals surface area contributed by atoms with E-state index in [0.29, 0.717) is 29.6 Å². The fourth-order valence-corrected chi connectivity index (χ4v) is 2.64. The van der Waals surface area contributed by atoms with Gasteiger partial charge in [0.25, 0.3) is 0 Å². The van der Waals surface area contributed by atoms with E-state index in [2.05, 4.69) is 15.5 Å². The number of ether oxygens (including phenoxy) is 1. The third kappa shape index (κ3) is 4.94. The molecule has 0 saturated carbocycles. The Morgan fingerprint density at radius 2 is 1.85 bits per heavy atom. The van der Waals surface area contributed by atoms with Gasteiger partial charge in [-0.05, 0) is 44.5 Å². The summed E-state index contributed by atoms with van der Waals surface area (Å²) in [6.07, 6.45) is 0.643. The second-order valence-corrected chi connectivity index (χ2v) is 6.53. The van der Waals surface area contributed by atoms with E-state index in [1.54, 1.807) is 0 Å². The van der Waals surface area contributed by atoms with Gasteiger partial charge in [0.15, 0.2) is 0 Å². The number of aryl methyl sites for hydroxylation is 2. The highest BCUT2D eigenvalue weighted by Crippen LogP contribution is 2.25. The zero-order valence-corrected chi connectivity index (χ0v) is 15.7. The van der Waals surface area contributed by atoms with Crippen LogP contribution >= 0.6 is 0 Å². The first-order chi connectivity index (χ1) is 13.0. The van der Waals surface area contributed by atoms with Crippen molar-refractivity contribution >= 4 is 11.6 Å². The van der Waals surface area contributed by atoms with E-state index >= 15 is 0 Å². The summed E-state index contributed by atoms with van der Waals surface area (Å²) in [4.78, 5) is 12.3. The van der Waals surface area contributed by atoms with Gasteiger partial charge in [0.1, 0.15) is 5.75 Å². The molecule has 6 nitrogen and oxygen atoms in total. The maximum Gasteiger partial charge on any atom is 0.247 e. The number of benzene rings is 2. The van der Waals surface area contributed by atoms with Crippen molar-refractivity contribution in [1.82, 2.24) is 10.2 Å². The SMILES string of the molecule is Cc1ccccc1-c1nnc(CCC(=O)Nc2ccccc2OC(C)C)o1. The van der Waals surface area contributed by atoms with Crippen LogP contribution < -0.4 is 10.1 Å². The maximum atomic E-state index is 12.3. The zero-order chi connectivity index (χ0) is 19.2. The number of amides is 1. The van der Waals surface area contributed by atoms with Gasteiger partial charge in [-0.15, -0.1) is 10.2 Å². The van der Waals surface area contributed by atoms with Crippen molar-refractivity contribution in [2.45, 2.75) is 39.7 Å². The quantitative estimate of drug-likeness (QED) is 0.671. The second-order valence-electron chi connectivity index (χ2n) is 6.53. The largest absolute Gasteiger partial charge is 0.489 e. The van der Waals surface area contributed by atoms with Gasteiger partial charge in [0.05, 0.1) is 11.8 Å². The molecule has 1 N–H and O–H groups in total. The van der Waals surface area contributed by atoms with Crippen molar-refractivity contribution in [3.63, 3.8) is 0 Å². The average Bonchev–Trinajstić information content (AvgIpc) is 3.10. The number of carbonyl (C=O) groups excluding carboxylic acids is 1. The fraction of sp³-hybridized carbons (Fsp3) is 0.286. The average molecular weight is 365 g/mol. The van der Waals surface area contributed by atoms with Crippen molar-refractivity contribution in [1.29, 1.82) is 0 Å². The predicted octanol–water partition coefficient (Wildman–Crippen LogP) is 4.40. The molecule has 0 unspecified atom stereocenters. The molecule has 0 aliphatic rings. The van der Waals surface area contributed by atoms with Crippen LogP contribution in [-0.2, 0) is 11.2 Å². The summed E-state index contributed by atoms with van der Waals surface area (Å²) in [5.41, 5.74) is 2.62. The molecule has 0 aliphatic carbocycles. The van der Waals surface area contributed by atoms with Crippen LogP contribution in [0.3, 0.4) is 0 Å². The van der Waals surface area contributed by atoms with Gasteiger partial charge in [-0.2, -0.15) is 0 Å². The number of rotatable bonds is 7. The summed E-state index contributed by atoms with van der Waals surface area (Å²) in [6.45, 7) is 5.88. The minimum Gasteiger partial charge on any atom is -0.489 e. The Kier molecular flexibility index (Phi) is 5.86. The van der Waals surface area contributed by atoms with Gasteiger partial charge >= 0.3 is 0 Å². The number of aromatic nitrogens is 2. The van der Waals surface area contributed by atoms with Crippen LogP contribution in [-0.4, -0.2) is 22.2 Å². The molecule has 2 aromatic carbocycles. The first kappa shape index (κ1) is 18.6. The van der Waals surface area contributed by atoms with Gasteiger partial charge in [-0.25, -0.2) is 0 Å². The molecule has 27 heavy (non-hydrogen) atoms. The van der Waals surface area contributed by atoms with Crippen molar-refractivity contribution < 1.29 is 13.9 Å². The van der Waals surface area contributed by atoms with E-state index in [1.165, 1.54) is 0 Å². The molecule has 0 radical (unpaired) electrons. The first-order valence-electron chi connectivity index (χ1n) is 8.97. The summed E-state index contributed by atoms with van der Waals surface area (Å²) in [6, 6.07) is 15.2. The summed E-state index contributed by atoms with van der Waals surface area (Å²) in [5, 5.41) is 11.0. The van der Waals surface area contributed by atoms with Crippen molar-refractivity contribution in [2.24, 2.45) is 0 Å². The third-order valence-electron chi connectivity index (χ3n) is 3.93. The van der Waals surface area contributed by atoms with Gasteiger partial charge in [0.2, 0.25) is 17.7 Å². The Morgan fingerprint density at radius 1 is 1.11 bits per heavy atom. The number of anilines is 1. The molecular formula is C21H23N3O3. The summed E-state index contributed by atoms with van der Waals surface area (Å²) in [5.74, 6) is 1.43. The van der Waals surface area contributed by atoms with Crippen LogP contribution in [0.1, 0.15) is 31.7 Å². The second kappa shape index (κ2) is 8.49. The Morgan fingerprint density at radius 3 is 2.63 bits per heavy atom. The van der Waals surface area contributed by atoms with Crippen LogP contribution in [0.25, 0.3) is 11.5 Å². The third-order valence-corrected chi connectivity index (χ3v) is 3.93. The predicted molar refractivity (Wildman–Crippen MR) is 104 cm³/mol. The van der Waals surface area contributed by atoms with Crippen LogP contribution in [0.15, 0.2) is 52.9 Å². The van der Waals surface area contributed by atoms with Gasteiger partial charge in [-0.3, -0.25) is 4.79 Å². The number of carbonyl (C=O) groups is 1. The van der Waals surface area contributed by atoms with Gasteiger partial charge in [0, 0.05) is 18.4 Å². The summed E-state index contributed by atoms with van der Waals surface area (Å²) in [7, 11) is 0. The number of hydrogen-bond donors (Lipinski definition) is 1.